The van der Waals surface area contributed by atoms with Gasteiger partial charge in [-0.25, -0.2) is 0 Å². The maximum atomic E-state index is 5.99. The number of aryl methyl sites for hydroxylation is 1. The zero-order valence-corrected chi connectivity index (χ0v) is 14.4. The van der Waals surface area contributed by atoms with Crippen LogP contribution in [0.15, 0.2) is 87.9 Å². The van der Waals surface area contributed by atoms with Crippen LogP contribution < -0.4 is 10.5 Å². The molecule has 0 amide bonds. The van der Waals surface area contributed by atoms with Gasteiger partial charge in [-0.05, 0) is 60.6 Å². The molecule has 0 aromatic heterocycles. The summed E-state index contributed by atoms with van der Waals surface area (Å²) in [6.07, 6.45) is 6.53. The average Bonchev–Trinajstić information content (AvgIpc) is 2.63. The Morgan fingerprint density at radius 3 is 2.36 bits per heavy atom. The fourth-order valence-corrected chi connectivity index (χ4v) is 2.51. The van der Waals surface area contributed by atoms with Gasteiger partial charge in [0.2, 0.25) is 0 Å². The summed E-state index contributed by atoms with van der Waals surface area (Å²) in [4.78, 5) is 0. The van der Waals surface area contributed by atoms with Crippen LogP contribution in [0.4, 0.5) is 5.69 Å². The molecule has 0 spiro atoms. The molecule has 1 aliphatic rings. The van der Waals surface area contributed by atoms with E-state index in [1.807, 2.05) is 67.6 Å². The molecule has 0 radical (unpaired) electrons. The van der Waals surface area contributed by atoms with Gasteiger partial charge in [0, 0.05) is 12.1 Å². The Morgan fingerprint density at radius 1 is 0.960 bits per heavy atom. The first-order valence-electron chi connectivity index (χ1n) is 8.14. The molecule has 2 aromatic carbocycles. The normalized spacial score (nSPS) is 16.0. The Bertz CT molecular complexity index is 857. The molecule has 2 aromatic rings. The van der Waals surface area contributed by atoms with Crippen molar-refractivity contribution in [1.29, 1.82) is 0 Å². The minimum atomic E-state index is 0.658. The third kappa shape index (κ3) is 4.44. The number of ether oxygens (including phenoxy) is 1. The van der Waals surface area contributed by atoms with Gasteiger partial charge >= 0.3 is 0 Å². The van der Waals surface area contributed by atoms with Gasteiger partial charge in [-0.2, -0.15) is 10.2 Å². The molecule has 0 saturated carbocycles. The molecule has 3 rings (SSSR count). The Labute approximate surface area is 148 Å². The largest absolute Gasteiger partial charge is 0.497 e. The van der Waals surface area contributed by atoms with Crippen LogP contribution in [0, 0.1) is 6.92 Å². The third-order valence-electron chi connectivity index (χ3n) is 3.94. The van der Waals surface area contributed by atoms with Gasteiger partial charge in [-0.15, -0.1) is 0 Å². The molecule has 4 nitrogen and oxygen atoms in total. The Hall–Kier alpha value is -3.14. The molecule has 25 heavy (non-hydrogen) atoms. The zero-order chi connectivity index (χ0) is 17.6. The van der Waals surface area contributed by atoms with E-state index in [4.69, 9.17) is 10.5 Å². The lowest BCUT2D eigenvalue weighted by Gasteiger charge is -2.12. The third-order valence-corrected chi connectivity index (χ3v) is 3.94. The predicted molar refractivity (Wildman–Crippen MR) is 102 cm³/mol. The van der Waals surface area contributed by atoms with Gasteiger partial charge in [-0.1, -0.05) is 29.8 Å². The molecule has 0 atom stereocenters. The highest BCUT2D eigenvalue weighted by Gasteiger charge is 2.11. The summed E-state index contributed by atoms with van der Waals surface area (Å²) in [6, 6.07) is 15.9. The summed E-state index contributed by atoms with van der Waals surface area (Å²) in [7, 11) is 1.66. The number of methoxy groups -OCH3 is 1. The fraction of sp³-hybridized carbons (Fsp3) is 0.143. The number of allylic oxidation sites excluding steroid dienone is 4. The molecule has 4 heteroatoms. The van der Waals surface area contributed by atoms with Gasteiger partial charge in [0.25, 0.3) is 0 Å². The van der Waals surface area contributed by atoms with Crippen LogP contribution in [0.25, 0.3) is 6.08 Å². The van der Waals surface area contributed by atoms with E-state index in [2.05, 4.69) is 16.3 Å². The van der Waals surface area contributed by atoms with Crippen molar-refractivity contribution in [2.24, 2.45) is 16.0 Å². The second-order valence-electron chi connectivity index (χ2n) is 5.95. The van der Waals surface area contributed by atoms with E-state index in [1.165, 1.54) is 5.56 Å². The highest BCUT2D eigenvalue weighted by molar-refractivity contribution is 5.61. The highest BCUT2D eigenvalue weighted by atomic mass is 16.5. The Balaban J connectivity index is 1.86. The maximum absolute atomic E-state index is 5.99. The molecule has 2 N–H and O–H groups in total. The van der Waals surface area contributed by atoms with Gasteiger partial charge in [0.1, 0.15) is 5.75 Å². The van der Waals surface area contributed by atoms with Crippen LogP contribution in [0.1, 0.15) is 17.5 Å². The standard InChI is InChI=1S/C21H21N3O/c1-15-3-8-19(9-4-15)23-24-21-12-7-18(22)14-17(21)13-16-5-10-20(25-2)11-6-16/h3-13H,14,22H2,1-2H3. The van der Waals surface area contributed by atoms with Crippen LogP contribution in [-0.2, 0) is 0 Å². The minimum Gasteiger partial charge on any atom is -0.497 e. The quantitative estimate of drug-likeness (QED) is 0.773. The summed E-state index contributed by atoms with van der Waals surface area (Å²) in [5, 5.41) is 8.76. The molecule has 0 heterocycles. The van der Waals surface area contributed by atoms with E-state index in [-0.39, 0.29) is 0 Å². The van der Waals surface area contributed by atoms with Crippen molar-refractivity contribution in [1.82, 2.24) is 0 Å². The number of hydrogen-bond acceptors (Lipinski definition) is 4. The average molecular weight is 331 g/mol. The summed E-state index contributed by atoms with van der Waals surface area (Å²) >= 11 is 0. The highest BCUT2D eigenvalue weighted by Crippen LogP contribution is 2.27. The molecule has 1 aliphatic carbocycles. The van der Waals surface area contributed by atoms with E-state index >= 15 is 0 Å². The van der Waals surface area contributed by atoms with Crippen LogP contribution in [0.3, 0.4) is 0 Å². The number of nitrogens with two attached hydrogens (primary N) is 1. The smallest absolute Gasteiger partial charge is 0.118 e. The van der Waals surface area contributed by atoms with E-state index in [1.54, 1.807) is 7.11 Å². The molecule has 0 aliphatic heterocycles. The van der Waals surface area contributed by atoms with E-state index in [9.17, 15) is 0 Å². The first-order chi connectivity index (χ1) is 12.1. The van der Waals surface area contributed by atoms with Crippen molar-refractivity contribution >= 4 is 11.8 Å². The minimum absolute atomic E-state index is 0.658. The molecule has 0 fully saturated rings. The van der Waals surface area contributed by atoms with Crippen molar-refractivity contribution in [2.45, 2.75) is 13.3 Å². The zero-order valence-electron chi connectivity index (χ0n) is 14.4. The van der Waals surface area contributed by atoms with Crippen molar-refractivity contribution in [3.8, 4) is 5.75 Å². The van der Waals surface area contributed by atoms with Crippen LogP contribution in [0.2, 0.25) is 0 Å². The van der Waals surface area contributed by atoms with E-state index < -0.39 is 0 Å². The SMILES string of the molecule is COc1ccc(C=C2CC(N)=CC=C2N=Nc2ccc(C)cc2)cc1. The van der Waals surface area contributed by atoms with Gasteiger partial charge in [0.15, 0.2) is 0 Å². The van der Waals surface area contributed by atoms with Crippen LogP contribution in [-0.4, -0.2) is 7.11 Å². The van der Waals surface area contributed by atoms with Crippen molar-refractivity contribution < 1.29 is 4.74 Å². The van der Waals surface area contributed by atoms with E-state index in [0.717, 1.165) is 34.0 Å². The van der Waals surface area contributed by atoms with Gasteiger partial charge in [0.05, 0.1) is 18.5 Å². The number of rotatable bonds is 4. The molecular formula is C21H21N3O. The number of nitrogens with zero attached hydrogens (tertiary/aromatic N) is 2. The lowest BCUT2D eigenvalue weighted by molar-refractivity contribution is 0.415. The molecule has 0 unspecified atom stereocenters. The second kappa shape index (κ2) is 7.62. The lowest BCUT2D eigenvalue weighted by Crippen LogP contribution is -2.03. The topological polar surface area (TPSA) is 60.0 Å². The second-order valence-corrected chi connectivity index (χ2v) is 5.95. The summed E-state index contributed by atoms with van der Waals surface area (Å²) in [5.74, 6) is 0.833. The summed E-state index contributed by atoms with van der Waals surface area (Å²) < 4.78 is 5.20. The van der Waals surface area contributed by atoms with Crippen LogP contribution in [0.5, 0.6) is 5.75 Å². The molecule has 126 valence electrons. The first-order valence-corrected chi connectivity index (χ1v) is 8.14. The van der Waals surface area contributed by atoms with Crippen molar-refractivity contribution in [3.63, 3.8) is 0 Å². The first kappa shape index (κ1) is 16.7. The summed E-state index contributed by atoms with van der Waals surface area (Å²) in [5.41, 5.74) is 11.8. The Kier molecular flexibility index (Phi) is 5.09. The number of benzene rings is 2. The Morgan fingerprint density at radius 2 is 1.68 bits per heavy atom. The van der Waals surface area contributed by atoms with Gasteiger partial charge < -0.3 is 10.5 Å². The van der Waals surface area contributed by atoms with Crippen LogP contribution >= 0.6 is 0 Å². The lowest BCUT2D eigenvalue weighted by atomic mass is 9.99. The monoisotopic (exact) mass is 331 g/mol. The summed E-state index contributed by atoms with van der Waals surface area (Å²) in [6.45, 7) is 2.05. The number of azo groups is 1. The van der Waals surface area contributed by atoms with Crippen molar-refractivity contribution in [3.05, 3.63) is 88.8 Å². The van der Waals surface area contributed by atoms with E-state index in [0.29, 0.717) is 6.42 Å². The predicted octanol–water partition coefficient (Wildman–Crippen LogP) is 5.30. The van der Waals surface area contributed by atoms with Crippen molar-refractivity contribution in [2.75, 3.05) is 7.11 Å². The van der Waals surface area contributed by atoms with Gasteiger partial charge in [-0.3, -0.25) is 0 Å². The molecule has 0 bridgehead atoms. The molecule has 0 saturated heterocycles. The fourth-order valence-electron chi connectivity index (χ4n) is 2.51. The molecular weight excluding hydrogens is 310 g/mol. The number of hydrogen-bond donors (Lipinski definition) is 1. The maximum Gasteiger partial charge on any atom is 0.118 e.